The van der Waals surface area contributed by atoms with E-state index in [-0.39, 0.29) is 6.61 Å². The van der Waals surface area contributed by atoms with Gasteiger partial charge in [0.25, 0.3) is 0 Å². The summed E-state index contributed by atoms with van der Waals surface area (Å²) < 4.78 is 2.57. The number of aliphatic hydroxyl groups excluding tert-OH is 1. The molecule has 4 nitrogen and oxygen atoms in total. The molecule has 1 aromatic carbocycles. The Labute approximate surface area is 112 Å². The molecule has 0 amide bonds. The van der Waals surface area contributed by atoms with Crippen molar-refractivity contribution in [1.82, 2.24) is 14.8 Å². The summed E-state index contributed by atoms with van der Waals surface area (Å²) in [6, 6.07) is 9.60. The number of aromatic nitrogens is 3. The van der Waals surface area contributed by atoms with Gasteiger partial charge in [-0.25, -0.2) is 9.67 Å². The van der Waals surface area contributed by atoms with Crippen LogP contribution in [0.3, 0.4) is 0 Å². The molecular formula is C13H10BrN3O. The zero-order chi connectivity index (χ0) is 12.5. The third-order valence-electron chi connectivity index (χ3n) is 2.74. The SMILES string of the molecule is OCc1cc(-n2cc(Br)cn2)nc2ccccc12. The first kappa shape index (κ1) is 11.4. The smallest absolute Gasteiger partial charge is 0.154 e. The minimum Gasteiger partial charge on any atom is -0.392 e. The number of pyridine rings is 1. The van der Waals surface area contributed by atoms with Crippen LogP contribution in [0.15, 0.2) is 47.2 Å². The van der Waals surface area contributed by atoms with Gasteiger partial charge in [0.2, 0.25) is 0 Å². The van der Waals surface area contributed by atoms with Crippen LogP contribution < -0.4 is 0 Å². The highest BCUT2D eigenvalue weighted by molar-refractivity contribution is 9.10. The van der Waals surface area contributed by atoms with Crippen LogP contribution in [0.1, 0.15) is 5.56 Å². The Hall–Kier alpha value is -1.72. The van der Waals surface area contributed by atoms with Crippen LogP contribution in [0.5, 0.6) is 0 Å². The van der Waals surface area contributed by atoms with Crippen LogP contribution in [0.2, 0.25) is 0 Å². The van der Waals surface area contributed by atoms with Crippen molar-refractivity contribution in [1.29, 1.82) is 0 Å². The normalized spacial score (nSPS) is 11.0. The highest BCUT2D eigenvalue weighted by atomic mass is 79.9. The maximum atomic E-state index is 9.45. The zero-order valence-electron chi connectivity index (χ0n) is 9.42. The summed E-state index contributed by atoms with van der Waals surface area (Å²) in [5, 5.41) is 14.6. The largest absolute Gasteiger partial charge is 0.392 e. The van der Waals surface area contributed by atoms with Gasteiger partial charge in [0.05, 0.1) is 22.8 Å². The quantitative estimate of drug-likeness (QED) is 0.792. The Bertz CT molecular complexity index is 708. The lowest BCUT2D eigenvalue weighted by Crippen LogP contribution is -2.00. The topological polar surface area (TPSA) is 50.9 Å². The predicted octanol–water partition coefficient (Wildman–Crippen LogP) is 2.68. The third-order valence-corrected chi connectivity index (χ3v) is 3.15. The second-order valence-electron chi connectivity index (χ2n) is 3.92. The van der Waals surface area contributed by atoms with Gasteiger partial charge in [0.1, 0.15) is 0 Å². The van der Waals surface area contributed by atoms with Crippen LogP contribution in [0, 0.1) is 0 Å². The second-order valence-corrected chi connectivity index (χ2v) is 4.83. The lowest BCUT2D eigenvalue weighted by Gasteiger charge is -2.07. The van der Waals surface area contributed by atoms with Crippen molar-refractivity contribution in [2.24, 2.45) is 0 Å². The van der Waals surface area contributed by atoms with Crippen LogP contribution in [0.25, 0.3) is 16.7 Å². The number of halogens is 1. The molecule has 0 spiro atoms. The second kappa shape index (κ2) is 4.51. The molecule has 2 heterocycles. The first-order valence-corrected chi connectivity index (χ1v) is 6.27. The molecule has 0 unspecified atom stereocenters. The van der Waals surface area contributed by atoms with Crippen LogP contribution >= 0.6 is 15.9 Å². The van der Waals surface area contributed by atoms with E-state index in [0.717, 1.165) is 20.9 Å². The van der Waals surface area contributed by atoms with E-state index >= 15 is 0 Å². The minimum atomic E-state index is -0.0154. The van der Waals surface area contributed by atoms with Crippen molar-refractivity contribution in [3.8, 4) is 5.82 Å². The molecule has 0 bridgehead atoms. The lowest BCUT2D eigenvalue weighted by molar-refractivity contribution is 0.283. The summed E-state index contributed by atoms with van der Waals surface area (Å²) in [5.74, 6) is 0.698. The first-order valence-electron chi connectivity index (χ1n) is 5.48. The summed E-state index contributed by atoms with van der Waals surface area (Å²) in [4.78, 5) is 4.54. The molecule has 0 saturated heterocycles. The van der Waals surface area contributed by atoms with E-state index in [1.165, 1.54) is 0 Å². The predicted molar refractivity (Wildman–Crippen MR) is 72.5 cm³/mol. The van der Waals surface area contributed by atoms with Crippen molar-refractivity contribution in [3.63, 3.8) is 0 Å². The van der Waals surface area contributed by atoms with Crippen LogP contribution in [0.4, 0.5) is 0 Å². The summed E-state index contributed by atoms with van der Waals surface area (Å²) in [5.41, 5.74) is 1.70. The molecule has 0 fully saturated rings. The first-order chi connectivity index (χ1) is 8.78. The van der Waals surface area contributed by atoms with E-state index in [1.54, 1.807) is 10.9 Å². The number of hydrogen-bond donors (Lipinski definition) is 1. The molecule has 0 aliphatic carbocycles. The van der Waals surface area contributed by atoms with Crippen molar-refractivity contribution < 1.29 is 5.11 Å². The van der Waals surface area contributed by atoms with E-state index in [4.69, 9.17) is 0 Å². The van der Waals surface area contributed by atoms with E-state index in [2.05, 4.69) is 26.0 Å². The number of para-hydroxylation sites is 1. The maximum absolute atomic E-state index is 9.45. The highest BCUT2D eigenvalue weighted by Crippen LogP contribution is 2.20. The molecule has 5 heteroatoms. The summed E-state index contributed by atoms with van der Waals surface area (Å²) >= 11 is 3.35. The van der Waals surface area contributed by atoms with Crippen LogP contribution in [-0.2, 0) is 6.61 Å². The Morgan fingerprint density at radius 1 is 1.28 bits per heavy atom. The fourth-order valence-electron chi connectivity index (χ4n) is 1.91. The fourth-order valence-corrected chi connectivity index (χ4v) is 2.19. The van der Waals surface area contributed by atoms with E-state index in [9.17, 15) is 5.11 Å². The van der Waals surface area contributed by atoms with Gasteiger partial charge in [0, 0.05) is 11.6 Å². The van der Waals surface area contributed by atoms with E-state index in [1.807, 2.05) is 36.5 Å². The molecule has 90 valence electrons. The number of fused-ring (bicyclic) bond motifs is 1. The number of benzene rings is 1. The molecular weight excluding hydrogens is 294 g/mol. The molecule has 3 aromatic rings. The molecule has 3 rings (SSSR count). The van der Waals surface area contributed by atoms with Gasteiger partial charge in [0.15, 0.2) is 5.82 Å². The van der Waals surface area contributed by atoms with Gasteiger partial charge in [-0.05, 0) is 33.6 Å². The van der Waals surface area contributed by atoms with Crippen LogP contribution in [-0.4, -0.2) is 19.9 Å². The molecule has 0 radical (unpaired) electrons. The van der Waals surface area contributed by atoms with Gasteiger partial charge in [-0.2, -0.15) is 5.10 Å². The average Bonchev–Trinajstić information content (AvgIpc) is 2.84. The van der Waals surface area contributed by atoms with Gasteiger partial charge in [-0.3, -0.25) is 0 Å². The van der Waals surface area contributed by atoms with Crippen molar-refractivity contribution in [2.75, 3.05) is 0 Å². The highest BCUT2D eigenvalue weighted by Gasteiger charge is 2.07. The van der Waals surface area contributed by atoms with Gasteiger partial charge in [-0.1, -0.05) is 18.2 Å². The molecule has 0 aliphatic heterocycles. The third kappa shape index (κ3) is 1.91. The Morgan fingerprint density at radius 2 is 2.11 bits per heavy atom. The van der Waals surface area contributed by atoms with Gasteiger partial charge < -0.3 is 5.11 Å². The standard InChI is InChI=1S/C13H10BrN3O/c14-10-6-15-17(7-10)13-5-9(8-18)11-3-1-2-4-12(11)16-13/h1-7,18H,8H2. The average molecular weight is 304 g/mol. The summed E-state index contributed by atoms with van der Waals surface area (Å²) in [6.07, 6.45) is 3.54. The number of nitrogens with zero attached hydrogens (tertiary/aromatic N) is 3. The number of rotatable bonds is 2. The molecule has 0 atom stereocenters. The summed E-state index contributed by atoms with van der Waals surface area (Å²) in [7, 11) is 0. The Balaban J connectivity index is 2.25. The molecule has 2 aromatic heterocycles. The van der Waals surface area contributed by atoms with Crippen molar-refractivity contribution in [2.45, 2.75) is 6.61 Å². The van der Waals surface area contributed by atoms with E-state index in [0.29, 0.717) is 5.82 Å². The van der Waals surface area contributed by atoms with Gasteiger partial charge in [-0.15, -0.1) is 0 Å². The number of hydrogen-bond acceptors (Lipinski definition) is 3. The number of aliphatic hydroxyl groups is 1. The fraction of sp³-hybridized carbons (Fsp3) is 0.0769. The molecule has 1 N–H and O–H groups in total. The monoisotopic (exact) mass is 303 g/mol. The van der Waals surface area contributed by atoms with E-state index < -0.39 is 0 Å². The van der Waals surface area contributed by atoms with Crippen molar-refractivity contribution in [3.05, 3.63) is 52.8 Å². The minimum absolute atomic E-state index is 0.0154. The summed E-state index contributed by atoms with van der Waals surface area (Å²) in [6.45, 7) is -0.0154. The zero-order valence-corrected chi connectivity index (χ0v) is 11.0. The maximum Gasteiger partial charge on any atom is 0.154 e. The molecule has 0 saturated carbocycles. The van der Waals surface area contributed by atoms with Crippen molar-refractivity contribution >= 4 is 26.8 Å². The van der Waals surface area contributed by atoms with Gasteiger partial charge >= 0.3 is 0 Å². The Morgan fingerprint density at radius 3 is 2.83 bits per heavy atom. The lowest BCUT2D eigenvalue weighted by atomic mass is 10.1. The molecule has 0 aliphatic rings. The Kier molecular flexibility index (Phi) is 2.85. The molecule has 18 heavy (non-hydrogen) atoms.